The number of para-hydroxylation sites is 1. The van der Waals surface area contributed by atoms with Crippen molar-refractivity contribution in [2.75, 3.05) is 0 Å². The van der Waals surface area contributed by atoms with Crippen LogP contribution in [0, 0.1) is 10.1 Å². The lowest BCUT2D eigenvalue weighted by Gasteiger charge is -2.15. The number of rotatable bonds is 4. The van der Waals surface area contributed by atoms with Crippen LogP contribution in [0.4, 0.5) is 5.69 Å². The molecule has 122 valence electrons. The molecule has 24 heavy (non-hydrogen) atoms. The summed E-state index contributed by atoms with van der Waals surface area (Å²) in [5, 5.41) is 11.2. The number of hydrogen-bond donors (Lipinski definition) is 0. The minimum Gasteiger partial charge on any atom is -0.462 e. The molecule has 0 saturated heterocycles. The van der Waals surface area contributed by atoms with E-state index in [1.807, 2.05) is 19.9 Å². The van der Waals surface area contributed by atoms with Gasteiger partial charge in [0, 0.05) is 12.1 Å². The van der Waals surface area contributed by atoms with Crippen LogP contribution >= 0.6 is 0 Å². The average molecular weight is 325 g/mol. The second kappa shape index (κ2) is 6.11. The van der Waals surface area contributed by atoms with E-state index in [1.165, 1.54) is 22.8 Å². The molecule has 0 radical (unpaired) electrons. The van der Waals surface area contributed by atoms with Crippen molar-refractivity contribution >= 4 is 16.6 Å². The summed E-state index contributed by atoms with van der Waals surface area (Å²) < 4.78 is 7.04. The average Bonchev–Trinajstić information content (AvgIpc) is 2.54. The lowest BCUT2D eigenvalue weighted by atomic mass is 10.2. The van der Waals surface area contributed by atoms with Gasteiger partial charge in [-0.05, 0) is 32.0 Å². The van der Waals surface area contributed by atoms with Gasteiger partial charge in [0.2, 0.25) is 0 Å². The molecular formula is C17H15N3O4. The van der Waals surface area contributed by atoms with Crippen molar-refractivity contribution < 1.29 is 9.66 Å². The van der Waals surface area contributed by atoms with E-state index < -0.39 is 4.92 Å². The number of fused-ring (bicyclic) bond motifs is 1. The zero-order valence-electron chi connectivity index (χ0n) is 13.2. The van der Waals surface area contributed by atoms with Gasteiger partial charge in [-0.1, -0.05) is 18.2 Å². The summed E-state index contributed by atoms with van der Waals surface area (Å²) in [6.07, 6.45) is -0.206. The molecule has 0 aliphatic rings. The summed E-state index contributed by atoms with van der Waals surface area (Å²) in [4.78, 5) is 27.6. The van der Waals surface area contributed by atoms with E-state index in [-0.39, 0.29) is 28.9 Å². The van der Waals surface area contributed by atoms with Crippen LogP contribution in [0.1, 0.15) is 13.8 Å². The van der Waals surface area contributed by atoms with Crippen molar-refractivity contribution in [1.82, 2.24) is 9.55 Å². The quantitative estimate of drug-likeness (QED) is 0.543. The van der Waals surface area contributed by atoms with Crippen LogP contribution in [0.3, 0.4) is 0 Å². The number of nitro benzene ring substituents is 1. The molecule has 0 aliphatic carbocycles. The second-order valence-corrected chi connectivity index (χ2v) is 5.50. The van der Waals surface area contributed by atoms with Gasteiger partial charge in [-0.3, -0.25) is 14.9 Å². The van der Waals surface area contributed by atoms with E-state index in [1.54, 1.807) is 24.3 Å². The zero-order chi connectivity index (χ0) is 17.3. The molecule has 0 fully saturated rings. The zero-order valence-corrected chi connectivity index (χ0v) is 13.2. The van der Waals surface area contributed by atoms with E-state index in [4.69, 9.17) is 4.74 Å². The van der Waals surface area contributed by atoms with Crippen LogP contribution in [0.5, 0.6) is 6.01 Å². The lowest BCUT2D eigenvalue weighted by molar-refractivity contribution is -0.384. The lowest BCUT2D eigenvalue weighted by Crippen LogP contribution is -2.24. The number of non-ortho nitro benzene ring substituents is 1. The van der Waals surface area contributed by atoms with E-state index >= 15 is 0 Å². The highest BCUT2D eigenvalue weighted by Crippen LogP contribution is 2.22. The van der Waals surface area contributed by atoms with Crippen LogP contribution in [0.15, 0.2) is 53.3 Å². The molecule has 1 heterocycles. The molecule has 0 bridgehead atoms. The summed E-state index contributed by atoms with van der Waals surface area (Å²) in [6, 6.07) is 13.1. The van der Waals surface area contributed by atoms with Crippen LogP contribution in [-0.2, 0) is 0 Å². The molecule has 0 N–H and O–H groups in total. The first-order valence-electron chi connectivity index (χ1n) is 7.40. The van der Waals surface area contributed by atoms with E-state index in [0.717, 1.165) is 0 Å². The highest BCUT2D eigenvalue weighted by molar-refractivity contribution is 5.80. The molecule has 0 saturated carbocycles. The van der Waals surface area contributed by atoms with Crippen molar-refractivity contribution in [3.05, 3.63) is 69.0 Å². The highest BCUT2D eigenvalue weighted by atomic mass is 16.6. The Labute approximate surface area is 137 Å². The molecule has 0 aliphatic heterocycles. The molecule has 0 spiro atoms. The van der Waals surface area contributed by atoms with Gasteiger partial charge in [0.05, 0.1) is 27.6 Å². The summed E-state index contributed by atoms with van der Waals surface area (Å²) in [5.74, 6) is 0. The fourth-order valence-corrected chi connectivity index (χ4v) is 2.36. The molecule has 3 rings (SSSR count). The van der Waals surface area contributed by atoms with Crippen LogP contribution in [-0.4, -0.2) is 20.6 Å². The van der Waals surface area contributed by atoms with Crippen LogP contribution < -0.4 is 10.3 Å². The van der Waals surface area contributed by atoms with Gasteiger partial charge in [-0.25, -0.2) is 4.57 Å². The Morgan fingerprint density at radius 1 is 1.17 bits per heavy atom. The van der Waals surface area contributed by atoms with Gasteiger partial charge in [0.15, 0.2) is 0 Å². The van der Waals surface area contributed by atoms with Gasteiger partial charge in [-0.15, -0.1) is 0 Å². The normalized spacial score (nSPS) is 11.0. The summed E-state index contributed by atoms with van der Waals surface area (Å²) in [5.41, 5.74) is 0.391. The van der Waals surface area contributed by atoms with Crippen LogP contribution in [0.25, 0.3) is 16.6 Å². The second-order valence-electron chi connectivity index (χ2n) is 5.50. The molecule has 3 aromatic rings. The Balaban J connectivity index is 2.33. The number of aromatic nitrogens is 2. The third-order valence-corrected chi connectivity index (χ3v) is 3.39. The van der Waals surface area contributed by atoms with Crippen molar-refractivity contribution in [2.45, 2.75) is 20.0 Å². The third kappa shape index (κ3) is 2.83. The van der Waals surface area contributed by atoms with Crippen molar-refractivity contribution in [3.63, 3.8) is 0 Å². The summed E-state index contributed by atoms with van der Waals surface area (Å²) in [6.45, 7) is 3.64. The Kier molecular flexibility index (Phi) is 3.99. The first-order chi connectivity index (χ1) is 11.5. The predicted molar refractivity (Wildman–Crippen MR) is 89.8 cm³/mol. The van der Waals surface area contributed by atoms with Gasteiger partial charge in [0.1, 0.15) is 0 Å². The topological polar surface area (TPSA) is 87.3 Å². The molecule has 1 aromatic heterocycles. The molecule has 0 amide bonds. The minimum absolute atomic E-state index is 0.106. The smallest absolute Gasteiger partial charge is 0.304 e. The van der Waals surface area contributed by atoms with Crippen LogP contribution in [0.2, 0.25) is 0 Å². The first kappa shape index (κ1) is 15.7. The number of nitrogens with zero attached hydrogens (tertiary/aromatic N) is 3. The maximum absolute atomic E-state index is 12.9. The number of hydrogen-bond acceptors (Lipinski definition) is 5. The van der Waals surface area contributed by atoms with Gasteiger partial charge in [-0.2, -0.15) is 4.98 Å². The van der Waals surface area contributed by atoms with Gasteiger partial charge >= 0.3 is 6.01 Å². The number of nitro groups is 1. The SMILES string of the molecule is CC(C)Oc1nc2cc([N+](=O)[O-])ccc2c(=O)n1-c1ccccc1. The fraction of sp³-hybridized carbons (Fsp3) is 0.176. The predicted octanol–water partition coefficient (Wildman–Crippen LogP) is 3.08. The molecule has 2 aromatic carbocycles. The van der Waals surface area contributed by atoms with E-state index in [0.29, 0.717) is 11.1 Å². The monoisotopic (exact) mass is 325 g/mol. The van der Waals surface area contributed by atoms with Crippen molar-refractivity contribution in [1.29, 1.82) is 0 Å². The molecule has 0 unspecified atom stereocenters. The maximum atomic E-state index is 12.9. The molecular weight excluding hydrogens is 310 g/mol. The standard InChI is InChI=1S/C17H15N3O4/c1-11(2)24-17-18-15-10-13(20(22)23)8-9-14(15)16(21)19(17)12-6-4-3-5-7-12/h3-11H,1-2H3. The van der Waals surface area contributed by atoms with Gasteiger partial charge < -0.3 is 4.74 Å². The van der Waals surface area contributed by atoms with Gasteiger partial charge in [0.25, 0.3) is 11.2 Å². The summed E-state index contributed by atoms with van der Waals surface area (Å²) >= 11 is 0. The maximum Gasteiger partial charge on any atom is 0.304 e. The highest BCUT2D eigenvalue weighted by Gasteiger charge is 2.17. The Morgan fingerprint density at radius 2 is 1.88 bits per heavy atom. The number of ether oxygens (including phenoxy) is 1. The Hall–Kier alpha value is -3.22. The van der Waals surface area contributed by atoms with Crippen molar-refractivity contribution in [3.8, 4) is 11.7 Å². The molecule has 0 atom stereocenters. The first-order valence-corrected chi connectivity index (χ1v) is 7.40. The Morgan fingerprint density at radius 3 is 2.50 bits per heavy atom. The minimum atomic E-state index is -0.521. The largest absolute Gasteiger partial charge is 0.462 e. The molecule has 7 heteroatoms. The Bertz CT molecular complexity index is 965. The van der Waals surface area contributed by atoms with E-state index in [9.17, 15) is 14.9 Å². The number of benzene rings is 2. The fourth-order valence-electron chi connectivity index (χ4n) is 2.36. The van der Waals surface area contributed by atoms with Crippen molar-refractivity contribution in [2.24, 2.45) is 0 Å². The molecule has 7 nitrogen and oxygen atoms in total. The summed E-state index contributed by atoms with van der Waals surface area (Å²) in [7, 11) is 0. The van der Waals surface area contributed by atoms with E-state index in [2.05, 4.69) is 4.98 Å². The third-order valence-electron chi connectivity index (χ3n) is 3.39.